The molecule has 0 radical (unpaired) electrons. The van der Waals surface area contributed by atoms with Crippen LogP contribution in [0.3, 0.4) is 0 Å². The molecular weight excluding hydrogens is 282 g/mol. The number of rotatable bonds is 2. The fourth-order valence-corrected chi connectivity index (χ4v) is 2.34. The summed E-state index contributed by atoms with van der Waals surface area (Å²) in [6.07, 6.45) is 3.41. The lowest BCUT2D eigenvalue weighted by Gasteiger charge is -2.02. The van der Waals surface area contributed by atoms with Crippen molar-refractivity contribution in [1.29, 1.82) is 0 Å². The van der Waals surface area contributed by atoms with Crippen LogP contribution in [0, 0.1) is 10.1 Å². The summed E-state index contributed by atoms with van der Waals surface area (Å²) in [5.41, 5.74) is 2.27. The summed E-state index contributed by atoms with van der Waals surface area (Å²) in [4.78, 5) is 19.2. The first-order valence-electron chi connectivity index (χ1n) is 6.55. The third kappa shape index (κ3) is 1.96. The number of H-pyrrole nitrogens is 1. The monoisotopic (exact) mass is 291 g/mol. The molecule has 4 rings (SSSR count). The van der Waals surface area contributed by atoms with Gasteiger partial charge in [0.25, 0.3) is 5.69 Å². The molecule has 0 aliphatic carbocycles. The molecular formula is C15H9N5O2. The number of aromatic amines is 1. The molecule has 0 aliphatic rings. The van der Waals surface area contributed by atoms with Gasteiger partial charge in [0.1, 0.15) is 0 Å². The molecule has 2 heterocycles. The SMILES string of the molecule is O=[N+]([O-])c1ccc2cnc(-c3ccc4cn[nH]c4c3)nc2c1. The molecule has 7 heteroatoms. The number of non-ortho nitro benzene ring substituents is 1. The van der Waals surface area contributed by atoms with Crippen molar-refractivity contribution in [3.63, 3.8) is 0 Å². The van der Waals surface area contributed by atoms with E-state index in [1.54, 1.807) is 18.5 Å². The molecule has 0 bridgehead atoms. The van der Waals surface area contributed by atoms with Gasteiger partial charge < -0.3 is 0 Å². The highest BCUT2D eigenvalue weighted by atomic mass is 16.6. The number of nitro benzene ring substituents is 1. The predicted molar refractivity (Wildman–Crippen MR) is 81.3 cm³/mol. The minimum absolute atomic E-state index is 0.0150. The average Bonchev–Trinajstić information content (AvgIpc) is 3.01. The number of hydrogen-bond acceptors (Lipinski definition) is 5. The fraction of sp³-hybridized carbons (Fsp3) is 0. The van der Waals surface area contributed by atoms with Crippen LogP contribution in [0.5, 0.6) is 0 Å². The van der Waals surface area contributed by atoms with E-state index < -0.39 is 4.92 Å². The van der Waals surface area contributed by atoms with Crippen molar-refractivity contribution in [3.8, 4) is 11.4 Å². The lowest BCUT2D eigenvalue weighted by molar-refractivity contribution is -0.384. The highest BCUT2D eigenvalue weighted by Gasteiger charge is 2.09. The summed E-state index contributed by atoms with van der Waals surface area (Å²) >= 11 is 0. The highest BCUT2D eigenvalue weighted by Crippen LogP contribution is 2.24. The van der Waals surface area contributed by atoms with Gasteiger partial charge in [-0.15, -0.1) is 0 Å². The van der Waals surface area contributed by atoms with Gasteiger partial charge in [0.05, 0.1) is 22.2 Å². The normalized spacial score (nSPS) is 11.1. The van der Waals surface area contributed by atoms with Crippen LogP contribution < -0.4 is 0 Å². The van der Waals surface area contributed by atoms with Crippen molar-refractivity contribution in [1.82, 2.24) is 20.2 Å². The van der Waals surface area contributed by atoms with Crippen molar-refractivity contribution in [2.45, 2.75) is 0 Å². The Kier molecular flexibility index (Phi) is 2.59. The Morgan fingerprint density at radius 3 is 2.77 bits per heavy atom. The molecule has 7 nitrogen and oxygen atoms in total. The van der Waals surface area contributed by atoms with Crippen LogP contribution in [0.25, 0.3) is 33.2 Å². The summed E-state index contributed by atoms with van der Waals surface area (Å²) < 4.78 is 0. The summed E-state index contributed by atoms with van der Waals surface area (Å²) in [5.74, 6) is 0.518. The molecule has 1 N–H and O–H groups in total. The van der Waals surface area contributed by atoms with Crippen molar-refractivity contribution in [2.75, 3.05) is 0 Å². The molecule has 2 aromatic carbocycles. The van der Waals surface area contributed by atoms with Crippen LogP contribution in [-0.4, -0.2) is 25.1 Å². The van der Waals surface area contributed by atoms with Crippen molar-refractivity contribution < 1.29 is 4.92 Å². The van der Waals surface area contributed by atoms with E-state index in [9.17, 15) is 10.1 Å². The molecule has 0 spiro atoms. The Labute approximate surface area is 123 Å². The number of aromatic nitrogens is 4. The molecule has 2 aromatic heterocycles. The highest BCUT2D eigenvalue weighted by molar-refractivity contribution is 5.85. The molecule has 0 amide bonds. The molecule has 0 saturated carbocycles. The first-order chi connectivity index (χ1) is 10.7. The number of nitrogens with one attached hydrogen (secondary N) is 1. The fourth-order valence-electron chi connectivity index (χ4n) is 2.34. The van der Waals surface area contributed by atoms with Crippen LogP contribution >= 0.6 is 0 Å². The molecule has 0 aliphatic heterocycles. The van der Waals surface area contributed by atoms with Crippen molar-refractivity contribution in [2.24, 2.45) is 0 Å². The second-order valence-electron chi connectivity index (χ2n) is 4.87. The van der Waals surface area contributed by atoms with Crippen LogP contribution in [0.2, 0.25) is 0 Å². The zero-order chi connectivity index (χ0) is 15.1. The van der Waals surface area contributed by atoms with Crippen LogP contribution in [0.15, 0.2) is 48.8 Å². The first-order valence-corrected chi connectivity index (χ1v) is 6.55. The van der Waals surface area contributed by atoms with Crippen LogP contribution in [0.1, 0.15) is 0 Å². The van der Waals surface area contributed by atoms with E-state index in [0.29, 0.717) is 11.3 Å². The lowest BCUT2D eigenvalue weighted by Crippen LogP contribution is -1.92. The Balaban J connectivity index is 1.88. The van der Waals surface area contributed by atoms with Gasteiger partial charge in [-0.3, -0.25) is 15.2 Å². The summed E-state index contributed by atoms with van der Waals surface area (Å²) in [6.45, 7) is 0. The Hall–Kier alpha value is -3.35. The topological polar surface area (TPSA) is 97.6 Å². The lowest BCUT2D eigenvalue weighted by atomic mass is 10.1. The molecule has 0 fully saturated rings. The summed E-state index contributed by atoms with van der Waals surface area (Å²) in [5, 5.41) is 19.5. The van der Waals surface area contributed by atoms with E-state index in [4.69, 9.17) is 0 Å². The molecule has 0 atom stereocenters. The maximum Gasteiger partial charge on any atom is 0.271 e. The predicted octanol–water partition coefficient (Wildman–Crippen LogP) is 3.08. The van der Waals surface area contributed by atoms with E-state index in [1.165, 1.54) is 12.1 Å². The third-order valence-electron chi connectivity index (χ3n) is 3.48. The van der Waals surface area contributed by atoms with Gasteiger partial charge in [-0.25, -0.2) is 9.97 Å². The van der Waals surface area contributed by atoms with E-state index in [2.05, 4.69) is 20.2 Å². The Morgan fingerprint density at radius 2 is 1.91 bits per heavy atom. The standard InChI is InChI=1S/C15H9N5O2/c21-20(22)12-4-3-10-7-16-15(18-13(10)6-12)9-1-2-11-8-17-19-14(11)5-9/h1-8H,(H,17,19). The average molecular weight is 291 g/mol. The van der Waals surface area contributed by atoms with Gasteiger partial charge in [-0.1, -0.05) is 12.1 Å². The third-order valence-corrected chi connectivity index (χ3v) is 3.48. The maximum absolute atomic E-state index is 10.9. The van der Waals surface area contributed by atoms with E-state index in [0.717, 1.165) is 21.9 Å². The van der Waals surface area contributed by atoms with Gasteiger partial charge in [0, 0.05) is 34.7 Å². The number of hydrogen-bond donors (Lipinski definition) is 1. The number of fused-ring (bicyclic) bond motifs is 2. The molecule has 106 valence electrons. The number of nitrogens with zero attached hydrogens (tertiary/aromatic N) is 4. The Bertz CT molecular complexity index is 1020. The molecule has 4 aromatic rings. The minimum atomic E-state index is -0.433. The largest absolute Gasteiger partial charge is 0.278 e. The summed E-state index contributed by atoms with van der Waals surface area (Å²) in [7, 11) is 0. The smallest absolute Gasteiger partial charge is 0.271 e. The van der Waals surface area contributed by atoms with Crippen LogP contribution in [0.4, 0.5) is 5.69 Å². The van der Waals surface area contributed by atoms with Gasteiger partial charge in [-0.05, 0) is 12.1 Å². The van der Waals surface area contributed by atoms with Gasteiger partial charge in [0.15, 0.2) is 5.82 Å². The molecule has 0 unspecified atom stereocenters. The number of nitro groups is 1. The number of benzene rings is 2. The second-order valence-corrected chi connectivity index (χ2v) is 4.87. The minimum Gasteiger partial charge on any atom is -0.278 e. The zero-order valence-electron chi connectivity index (χ0n) is 11.2. The van der Waals surface area contributed by atoms with Gasteiger partial charge in [0.2, 0.25) is 0 Å². The first kappa shape index (κ1) is 12.4. The van der Waals surface area contributed by atoms with Crippen LogP contribution in [-0.2, 0) is 0 Å². The molecule has 22 heavy (non-hydrogen) atoms. The van der Waals surface area contributed by atoms with Crippen molar-refractivity contribution >= 4 is 27.5 Å². The van der Waals surface area contributed by atoms with Gasteiger partial charge >= 0.3 is 0 Å². The zero-order valence-corrected chi connectivity index (χ0v) is 11.2. The van der Waals surface area contributed by atoms with E-state index >= 15 is 0 Å². The van der Waals surface area contributed by atoms with Gasteiger partial charge in [-0.2, -0.15) is 5.10 Å². The summed E-state index contributed by atoms with van der Waals surface area (Å²) in [6, 6.07) is 10.3. The molecule has 0 saturated heterocycles. The maximum atomic E-state index is 10.9. The Morgan fingerprint density at radius 1 is 1.05 bits per heavy atom. The second kappa shape index (κ2) is 4.59. The quantitative estimate of drug-likeness (QED) is 0.452. The van der Waals surface area contributed by atoms with Crippen molar-refractivity contribution in [3.05, 3.63) is 58.9 Å². The van der Waals surface area contributed by atoms with E-state index in [-0.39, 0.29) is 5.69 Å². The van der Waals surface area contributed by atoms with E-state index in [1.807, 2.05) is 18.2 Å².